The average molecular weight is 685 g/mol. The Labute approximate surface area is 301 Å². The maximum Gasteiger partial charge on any atom is 0.302 e. The Balaban J connectivity index is 1.90. The molecular formula is C44H60O6. The number of rotatable bonds is 14. The van der Waals surface area contributed by atoms with Crippen molar-refractivity contribution >= 4 is 23.5 Å². The van der Waals surface area contributed by atoms with Crippen LogP contribution >= 0.6 is 0 Å². The predicted molar refractivity (Wildman–Crippen MR) is 204 cm³/mol. The fourth-order valence-electron chi connectivity index (χ4n) is 6.73. The van der Waals surface area contributed by atoms with Crippen molar-refractivity contribution < 1.29 is 28.7 Å². The highest BCUT2D eigenvalue weighted by atomic mass is 16.5. The largest absolute Gasteiger partial charge is 0.462 e. The van der Waals surface area contributed by atoms with Crippen molar-refractivity contribution in [2.75, 3.05) is 0 Å². The molecule has 0 aromatic carbocycles. The number of ketones is 2. The van der Waals surface area contributed by atoms with Gasteiger partial charge >= 0.3 is 11.9 Å². The minimum Gasteiger partial charge on any atom is -0.462 e. The molecule has 0 aromatic rings. The lowest BCUT2D eigenvalue weighted by atomic mass is 9.66. The molecular weight excluding hydrogens is 624 g/mol. The number of hydrogen-bond donors (Lipinski definition) is 0. The normalized spacial score (nSPS) is 27.8. The van der Waals surface area contributed by atoms with Crippen LogP contribution in [0.25, 0.3) is 0 Å². The van der Waals surface area contributed by atoms with Crippen molar-refractivity contribution in [1.29, 1.82) is 0 Å². The van der Waals surface area contributed by atoms with E-state index >= 15 is 0 Å². The van der Waals surface area contributed by atoms with Crippen molar-refractivity contribution in [3.05, 3.63) is 107 Å². The van der Waals surface area contributed by atoms with Crippen LogP contribution in [0.4, 0.5) is 0 Å². The van der Waals surface area contributed by atoms with E-state index in [1.54, 1.807) is 12.2 Å². The summed E-state index contributed by atoms with van der Waals surface area (Å²) in [6.45, 7) is 22.8. The van der Waals surface area contributed by atoms with Crippen LogP contribution in [0.15, 0.2) is 107 Å². The molecule has 2 rings (SSSR count). The molecule has 0 bridgehead atoms. The lowest BCUT2D eigenvalue weighted by Crippen LogP contribution is -2.43. The summed E-state index contributed by atoms with van der Waals surface area (Å²) < 4.78 is 11.0. The Bertz CT molecular complexity index is 1450. The molecule has 6 heteroatoms. The maximum absolute atomic E-state index is 13.2. The van der Waals surface area contributed by atoms with E-state index in [2.05, 4.69) is 0 Å². The zero-order valence-electron chi connectivity index (χ0n) is 32.5. The quantitative estimate of drug-likeness (QED) is 0.103. The Kier molecular flexibility index (Phi) is 14.9. The molecule has 4 atom stereocenters. The summed E-state index contributed by atoms with van der Waals surface area (Å²) in [5.41, 5.74) is 2.03. The molecule has 2 aliphatic carbocycles. The van der Waals surface area contributed by atoms with Crippen LogP contribution in [0.3, 0.4) is 0 Å². The van der Waals surface area contributed by atoms with Crippen LogP contribution in [0.2, 0.25) is 0 Å². The number of ether oxygens (including phenoxy) is 2. The van der Waals surface area contributed by atoms with Crippen LogP contribution in [-0.4, -0.2) is 35.7 Å². The molecule has 0 spiro atoms. The highest BCUT2D eigenvalue weighted by Gasteiger charge is 2.57. The van der Waals surface area contributed by atoms with Crippen molar-refractivity contribution in [1.82, 2.24) is 0 Å². The van der Waals surface area contributed by atoms with Gasteiger partial charge in [-0.25, -0.2) is 0 Å². The molecule has 0 unspecified atom stereocenters. The van der Waals surface area contributed by atoms with E-state index in [4.69, 9.17) is 9.47 Å². The second-order valence-electron chi connectivity index (χ2n) is 15.5. The van der Waals surface area contributed by atoms with Crippen LogP contribution in [0.1, 0.15) is 109 Å². The molecule has 272 valence electrons. The Hall–Kier alpha value is -4.06. The monoisotopic (exact) mass is 684 g/mol. The molecule has 0 radical (unpaired) electrons. The Morgan fingerprint density at radius 2 is 0.760 bits per heavy atom. The predicted octanol–water partition coefficient (Wildman–Crippen LogP) is 10.2. The van der Waals surface area contributed by atoms with Gasteiger partial charge in [0.1, 0.15) is 12.2 Å². The highest BCUT2D eigenvalue weighted by Crippen LogP contribution is 2.55. The van der Waals surface area contributed by atoms with E-state index in [9.17, 15) is 19.2 Å². The third-order valence-electron chi connectivity index (χ3n) is 11.2. The lowest BCUT2D eigenvalue weighted by molar-refractivity contribution is -0.155. The molecule has 0 saturated heterocycles. The van der Waals surface area contributed by atoms with E-state index in [1.807, 2.05) is 142 Å². The summed E-state index contributed by atoms with van der Waals surface area (Å²) in [4.78, 5) is 49.5. The summed E-state index contributed by atoms with van der Waals surface area (Å²) in [6, 6.07) is 0. The molecule has 50 heavy (non-hydrogen) atoms. The number of esters is 2. The molecule has 2 aliphatic rings. The first-order valence-electron chi connectivity index (χ1n) is 17.7. The molecule has 0 aromatic heterocycles. The molecule has 6 nitrogen and oxygen atoms in total. The second kappa shape index (κ2) is 17.7. The van der Waals surface area contributed by atoms with Gasteiger partial charge in [0.05, 0.1) is 0 Å². The molecule has 0 aliphatic heterocycles. The zero-order chi connectivity index (χ0) is 37.9. The van der Waals surface area contributed by atoms with E-state index in [-0.39, 0.29) is 35.7 Å². The highest BCUT2D eigenvalue weighted by molar-refractivity contribution is 5.96. The van der Waals surface area contributed by atoms with Crippen molar-refractivity contribution in [2.45, 2.75) is 121 Å². The van der Waals surface area contributed by atoms with Crippen molar-refractivity contribution in [3.8, 4) is 0 Å². The molecule has 2 saturated carbocycles. The van der Waals surface area contributed by atoms with Gasteiger partial charge in [0.25, 0.3) is 0 Å². The van der Waals surface area contributed by atoms with Gasteiger partial charge < -0.3 is 9.47 Å². The zero-order valence-corrected chi connectivity index (χ0v) is 32.5. The summed E-state index contributed by atoms with van der Waals surface area (Å²) in [7, 11) is 0. The first-order valence-corrected chi connectivity index (χ1v) is 17.7. The summed E-state index contributed by atoms with van der Waals surface area (Å²) in [5, 5.41) is 0. The van der Waals surface area contributed by atoms with Gasteiger partial charge in [-0.15, -0.1) is 0 Å². The second-order valence-corrected chi connectivity index (χ2v) is 15.5. The van der Waals surface area contributed by atoms with Crippen LogP contribution in [0, 0.1) is 21.7 Å². The minimum absolute atomic E-state index is 0.0545. The smallest absolute Gasteiger partial charge is 0.302 e. The summed E-state index contributed by atoms with van der Waals surface area (Å²) >= 11 is 0. The standard InChI is InChI=1S/C44H60O6/c1-31(19-15-21-33(3)23-25-37(47)43(11)29-27-39(41(43,7)8)49-35(5)45)17-13-14-18-32(2)20-16-22-34(4)24-26-38(48)44(12)30-28-40(42(44,9)10)50-36(6)46/h13-26,39-40H,27-30H2,1-12H3/b14-13+,19-15+,20-16+,25-23+,26-24+,31-17+,32-18+,33-21+,34-22+/t39-,40-,43+,44+/m1/s1. The average Bonchev–Trinajstić information content (AvgIpc) is 3.39. The fourth-order valence-corrected chi connectivity index (χ4v) is 6.73. The maximum atomic E-state index is 13.2. The van der Waals surface area contributed by atoms with Gasteiger partial charge in [-0.1, -0.05) is 137 Å². The Morgan fingerprint density at radius 1 is 0.460 bits per heavy atom. The summed E-state index contributed by atoms with van der Waals surface area (Å²) in [5.74, 6) is -0.507. The van der Waals surface area contributed by atoms with Gasteiger partial charge in [-0.05, 0) is 65.5 Å². The minimum atomic E-state index is -0.589. The Morgan fingerprint density at radius 3 is 1.08 bits per heavy atom. The van der Waals surface area contributed by atoms with E-state index < -0.39 is 21.7 Å². The SMILES string of the molecule is CC(=O)O[C@@H]1CC[C@@](C)(C(=O)/C=C/C(C)=C/C=C/C(C)=C/C=C/C=C(C)/C=C/C=C(C)/C=C/C(=O)[C@]2(C)CC[C@@H](OC(C)=O)C2(C)C)C1(C)C. The van der Waals surface area contributed by atoms with Crippen molar-refractivity contribution in [2.24, 2.45) is 21.7 Å². The number of carbonyl (C=O) groups excluding carboxylic acids is 4. The van der Waals surface area contributed by atoms with Gasteiger partial charge in [-0.3, -0.25) is 19.2 Å². The number of hydrogen-bond acceptors (Lipinski definition) is 6. The lowest BCUT2D eigenvalue weighted by Gasteiger charge is -2.39. The van der Waals surface area contributed by atoms with Crippen LogP contribution in [-0.2, 0) is 28.7 Å². The van der Waals surface area contributed by atoms with Gasteiger partial charge in [0.15, 0.2) is 11.6 Å². The molecule has 0 N–H and O–H groups in total. The van der Waals surface area contributed by atoms with E-state index in [1.165, 1.54) is 13.8 Å². The van der Waals surface area contributed by atoms with Crippen LogP contribution < -0.4 is 0 Å². The molecule has 0 heterocycles. The first-order chi connectivity index (χ1) is 23.2. The first kappa shape index (κ1) is 42.1. The fraction of sp³-hybridized carbons (Fsp3) is 0.500. The van der Waals surface area contributed by atoms with E-state index in [0.29, 0.717) is 25.7 Å². The molecule has 0 amide bonds. The van der Waals surface area contributed by atoms with Crippen LogP contribution in [0.5, 0.6) is 0 Å². The number of allylic oxidation sites excluding steroid dienone is 18. The third-order valence-corrected chi connectivity index (χ3v) is 11.2. The van der Waals surface area contributed by atoms with Crippen molar-refractivity contribution in [3.63, 3.8) is 0 Å². The number of carbonyl (C=O) groups is 4. The molecule has 2 fully saturated rings. The van der Waals surface area contributed by atoms with Gasteiger partial charge in [-0.2, -0.15) is 0 Å². The van der Waals surface area contributed by atoms with Gasteiger partial charge in [0, 0.05) is 35.5 Å². The summed E-state index contributed by atoms with van der Waals surface area (Å²) in [6.07, 6.45) is 29.2. The van der Waals surface area contributed by atoms with E-state index in [0.717, 1.165) is 22.3 Å². The topological polar surface area (TPSA) is 86.7 Å². The third kappa shape index (κ3) is 10.7. The van der Waals surface area contributed by atoms with Gasteiger partial charge in [0.2, 0.25) is 0 Å².